The summed E-state index contributed by atoms with van der Waals surface area (Å²) in [5.74, 6) is 0. The van der Waals surface area contributed by atoms with Crippen molar-refractivity contribution in [1.82, 2.24) is 28.7 Å². The van der Waals surface area contributed by atoms with Gasteiger partial charge < -0.3 is 9.55 Å². The van der Waals surface area contributed by atoms with Crippen molar-refractivity contribution in [2.45, 2.75) is 52.2 Å². The van der Waals surface area contributed by atoms with E-state index in [-0.39, 0.29) is 22.0 Å². The highest BCUT2D eigenvalue weighted by molar-refractivity contribution is 6.29. The number of halogens is 1. The van der Waals surface area contributed by atoms with Gasteiger partial charge in [0.2, 0.25) is 5.28 Å². The molecule has 2 aromatic carbocycles. The summed E-state index contributed by atoms with van der Waals surface area (Å²) in [6.45, 7) is 3.54. The second-order valence-electron chi connectivity index (χ2n) is 8.30. The second kappa shape index (κ2) is 8.86. The molecule has 33 heavy (non-hydrogen) atoms. The number of aromatic amines is 1. The quantitative estimate of drug-likeness (QED) is 0.273. The fourth-order valence-corrected chi connectivity index (χ4v) is 4.55. The van der Waals surface area contributed by atoms with Crippen molar-refractivity contribution in [3.05, 3.63) is 68.8 Å². The number of hydrogen-bond donors (Lipinski definition) is 1. The molecule has 1 N–H and O–H groups in total. The van der Waals surface area contributed by atoms with Gasteiger partial charge in [0.15, 0.2) is 11.2 Å². The van der Waals surface area contributed by atoms with Gasteiger partial charge in [-0.2, -0.15) is 4.98 Å². The molecule has 0 radical (unpaired) electrons. The Morgan fingerprint density at radius 2 is 1.73 bits per heavy atom. The fraction of sp³-hybridized carbons (Fsp3) is 0.333. The standard InChI is InChI=1S/C24H25ClN6O2/c1-2-3-6-11-30-21-20(27-23(25)28-21)22(32)31(24(30)33)12-7-10-29-15-26-18-13-16-8-4-5-9-17(16)14-19(18)29/h4-5,8-9,13-15H,2-3,6-7,10-12H2,1H3,(H,27,28). The van der Waals surface area contributed by atoms with Gasteiger partial charge in [-0.05, 0) is 47.3 Å². The minimum atomic E-state index is -0.386. The Balaban J connectivity index is 1.43. The Labute approximate surface area is 194 Å². The Hall–Kier alpha value is -3.39. The number of rotatable bonds is 8. The average molecular weight is 465 g/mol. The first-order valence-corrected chi connectivity index (χ1v) is 11.7. The summed E-state index contributed by atoms with van der Waals surface area (Å²) in [6.07, 6.45) is 5.28. The molecule has 0 atom stereocenters. The summed E-state index contributed by atoms with van der Waals surface area (Å²) in [6, 6.07) is 12.4. The fourth-order valence-electron chi connectivity index (χ4n) is 4.38. The highest BCUT2D eigenvalue weighted by atomic mass is 35.5. The molecule has 3 heterocycles. The molecule has 3 aromatic heterocycles. The lowest BCUT2D eigenvalue weighted by molar-refractivity contribution is 0.506. The van der Waals surface area contributed by atoms with E-state index in [0.29, 0.717) is 31.7 Å². The second-order valence-corrected chi connectivity index (χ2v) is 8.66. The lowest BCUT2D eigenvalue weighted by atomic mass is 10.1. The molecular formula is C24H25ClN6O2. The zero-order chi connectivity index (χ0) is 22.9. The largest absolute Gasteiger partial charge is 0.332 e. The number of imidazole rings is 2. The third-order valence-corrected chi connectivity index (χ3v) is 6.27. The number of aryl methyl sites for hydroxylation is 2. The monoisotopic (exact) mass is 464 g/mol. The molecule has 5 rings (SSSR count). The Morgan fingerprint density at radius 3 is 2.52 bits per heavy atom. The van der Waals surface area contributed by atoms with Crippen molar-refractivity contribution >= 4 is 44.6 Å². The van der Waals surface area contributed by atoms with E-state index in [1.54, 1.807) is 4.57 Å². The molecule has 0 saturated carbocycles. The maximum atomic E-state index is 13.2. The molecule has 170 valence electrons. The number of nitrogens with zero attached hydrogens (tertiary/aromatic N) is 5. The van der Waals surface area contributed by atoms with E-state index < -0.39 is 0 Å². The summed E-state index contributed by atoms with van der Waals surface area (Å²) in [7, 11) is 0. The summed E-state index contributed by atoms with van der Waals surface area (Å²) >= 11 is 6.02. The maximum absolute atomic E-state index is 13.2. The molecule has 0 aliphatic carbocycles. The van der Waals surface area contributed by atoms with Gasteiger partial charge in [0.25, 0.3) is 5.56 Å². The van der Waals surface area contributed by atoms with Crippen LogP contribution < -0.4 is 11.2 Å². The van der Waals surface area contributed by atoms with Crippen LogP contribution in [0.3, 0.4) is 0 Å². The van der Waals surface area contributed by atoms with E-state index >= 15 is 0 Å². The molecule has 0 saturated heterocycles. The minimum absolute atomic E-state index is 0.112. The molecule has 0 fully saturated rings. The van der Waals surface area contributed by atoms with E-state index in [1.807, 2.05) is 18.5 Å². The van der Waals surface area contributed by atoms with Crippen LogP contribution in [0.25, 0.3) is 33.0 Å². The Morgan fingerprint density at radius 1 is 0.970 bits per heavy atom. The third-order valence-electron chi connectivity index (χ3n) is 6.09. The van der Waals surface area contributed by atoms with Gasteiger partial charge in [0.1, 0.15) is 0 Å². The van der Waals surface area contributed by atoms with Crippen LogP contribution in [0.2, 0.25) is 5.28 Å². The van der Waals surface area contributed by atoms with Crippen molar-refractivity contribution in [1.29, 1.82) is 0 Å². The van der Waals surface area contributed by atoms with E-state index in [9.17, 15) is 9.59 Å². The van der Waals surface area contributed by atoms with Gasteiger partial charge in [0, 0.05) is 19.6 Å². The number of hydrogen-bond acceptors (Lipinski definition) is 4. The molecule has 9 heteroatoms. The normalized spacial score (nSPS) is 11.8. The van der Waals surface area contributed by atoms with Gasteiger partial charge in [-0.1, -0.05) is 44.0 Å². The first-order valence-electron chi connectivity index (χ1n) is 11.3. The summed E-state index contributed by atoms with van der Waals surface area (Å²) in [5.41, 5.74) is 1.84. The van der Waals surface area contributed by atoms with Crippen LogP contribution in [0, 0.1) is 0 Å². The molecule has 0 unspecified atom stereocenters. The molecular weight excluding hydrogens is 440 g/mol. The zero-order valence-electron chi connectivity index (χ0n) is 18.4. The zero-order valence-corrected chi connectivity index (χ0v) is 19.2. The van der Waals surface area contributed by atoms with Crippen molar-refractivity contribution in [3.63, 3.8) is 0 Å². The molecule has 0 aliphatic heterocycles. The van der Waals surface area contributed by atoms with Crippen LogP contribution in [0.15, 0.2) is 52.3 Å². The topological polar surface area (TPSA) is 90.5 Å². The first kappa shape index (κ1) is 21.5. The van der Waals surface area contributed by atoms with Crippen LogP contribution in [0.1, 0.15) is 32.6 Å². The van der Waals surface area contributed by atoms with Crippen LogP contribution in [-0.2, 0) is 19.6 Å². The van der Waals surface area contributed by atoms with Crippen molar-refractivity contribution in [3.8, 4) is 0 Å². The lowest BCUT2D eigenvalue weighted by Gasteiger charge is -2.11. The van der Waals surface area contributed by atoms with Gasteiger partial charge in [-0.15, -0.1) is 0 Å². The van der Waals surface area contributed by atoms with Crippen LogP contribution in [0.4, 0.5) is 0 Å². The SMILES string of the molecule is CCCCCn1c(=O)n(CCCn2cnc3cc4ccccc4cc32)c(=O)c2[nH]c(Cl)nc21. The van der Waals surface area contributed by atoms with Crippen LogP contribution >= 0.6 is 11.6 Å². The minimum Gasteiger partial charge on any atom is -0.331 e. The van der Waals surface area contributed by atoms with Gasteiger partial charge in [-0.3, -0.25) is 13.9 Å². The number of H-pyrrole nitrogens is 1. The van der Waals surface area contributed by atoms with E-state index in [1.165, 1.54) is 4.57 Å². The molecule has 8 nitrogen and oxygen atoms in total. The number of unbranched alkanes of at least 4 members (excludes halogenated alkanes) is 2. The number of aromatic nitrogens is 6. The Bertz CT molecular complexity index is 1580. The van der Waals surface area contributed by atoms with Crippen molar-refractivity contribution in [2.24, 2.45) is 0 Å². The highest BCUT2D eigenvalue weighted by Crippen LogP contribution is 2.22. The maximum Gasteiger partial charge on any atom is 0.332 e. The van der Waals surface area contributed by atoms with Gasteiger partial charge in [-0.25, -0.2) is 9.78 Å². The first-order chi connectivity index (χ1) is 16.1. The molecule has 0 bridgehead atoms. The third kappa shape index (κ3) is 3.95. The lowest BCUT2D eigenvalue weighted by Crippen LogP contribution is -2.40. The molecule has 0 amide bonds. The number of benzene rings is 2. The predicted molar refractivity (Wildman–Crippen MR) is 131 cm³/mol. The highest BCUT2D eigenvalue weighted by Gasteiger charge is 2.17. The van der Waals surface area contributed by atoms with E-state index in [2.05, 4.69) is 50.7 Å². The van der Waals surface area contributed by atoms with Crippen LogP contribution in [0.5, 0.6) is 0 Å². The van der Waals surface area contributed by atoms with Gasteiger partial charge >= 0.3 is 5.69 Å². The number of fused-ring (bicyclic) bond motifs is 3. The van der Waals surface area contributed by atoms with Crippen molar-refractivity contribution in [2.75, 3.05) is 0 Å². The average Bonchev–Trinajstić information content (AvgIpc) is 3.40. The predicted octanol–water partition coefficient (Wildman–Crippen LogP) is 4.32. The molecule has 5 aromatic rings. The van der Waals surface area contributed by atoms with E-state index in [0.717, 1.165) is 41.1 Å². The van der Waals surface area contributed by atoms with Gasteiger partial charge in [0.05, 0.1) is 17.4 Å². The van der Waals surface area contributed by atoms with E-state index in [4.69, 9.17) is 11.6 Å². The van der Waals surface area contributed by atoms with Crippen LogP contribution in [-0.4, -0.2) is 28.7 Å². The molecule has 0 spiro atoms. The summed E-state index contributed by atoms with van der Waals surface area (Å²) in [5, 5.41) is 2.41. The summed E-state index contributed by atoms with van der Waals surface area (Å²) < 4.78 is 4.92. The smallest absolute Gasteiger partial charge is 0.331 e. The summed E-state index contributed by atoms with van der Waals surface area (Å²) in [4.78, 5) is 37.7. The number of nitrogens with one attached hydrogen (secondary N) is 1. The Kier molecular flexibility index (Phi) is 5.76. The van der Waals surface area contributed by atoms with Crippen molar-refractivity contribution < 1.29 is 0 Å². The molecule has 0 aliphatic rings.